The number of methoxy groups -OCH3 is 1. The van der Waals surface area contributed by atoms with Crippen LogP contribution in [0.3, 0.4) is 0 Å². The van der Waals surface area contributed by atoms with E-state index < -0.39 is 16.1 Å². The Morgan fingerprint density at radius 1 is 1.38 bits per heavy atom. The summed E-state index contributed by atoms with van der Waals surface area (Å²) in [7, 11) is -2.33. The lowest BCUT2D eigenvalue weighted by molar-refractivity contribution is 0.414. The molecule has 3 rings (SSSR count). The summed E-state index contributed by atoms with van der Waals surface area (Å²) in [5, 5.41) is 5.41. The number of hydrogen-bond donors (Lipinski definition) is 2. The van der Waals surface area contributed by atoms with Gasteiger partial charge >= 0.3 is 0 Å². The normalized spacial score (nSPS) is 12.8. The number of aromatic nitrogens is 1. The maximum absolute atomic E-state index is 12.8. The molecule has 1 unspecified atom stereocenters. The van der Waals surface area contributed by atoms with E-state index in [0.29, 0.717) is 20.8 Å². The van der Waals surface area contributed by atoms with Crippen LogP contribution in [0.25, 0.3) is 0 Å². The summed E-state index contributed by atoms with van der Waals surface area (Å²) in [6.07, 6.45) is 0. The summed E-state index contributed by atoms with van der Waals surface area (Å²) in [5.41, 5.74) is 7.62. The van der Waals surface area contributed by atoms with Crippen LogP contribution >= 0.6 is 27.3 Å². The van der Waals surface area contributed by atoms with Gasteiger partial charge in [-0.05, 0) is 52.0 Å². The lowest BCUT2D eigenvalue weighted by Crippen LogP contribution is -2.18. The first kappa shape index (κ1) is 18.9. The highest BCUT2D eigenvalue weighted by atomic mass is 79.9. The van der Waals surface area contributed by atoms with Crippen LogP contribution < -0.4 is 15.2 Å². The Hall–Kier alpha value is -1.88. The molecular formula is C16H16BrN3O4S2. The molecule has 3 N–H and O–H groups in total. The molecule has 138 valence electrons. The zero-order chi connectivity index (χ0) is 18.9. The standard InChI is InChI=1S/C16H16BrN3O4S2/c1-9-13(17)16(24-19-9)20-26(21,22)12-6-7-25-15(12)14(18)10-4-3-5-11(8-10)23-2/h3-8,14,20H,18H2,1-2H3. The van der Waals surface area contributed by atoms with Gasteiger partial charge in [-0.3, -0.25) is 0 Å². The number of anilines is 1. The molecular weight excluding hydrogens is 442 g/mol. The number of ether oxygens (including phenoxy) is 1. The van der Waals surface area contributed by atoms with Crippen molar-refractivity contribution in [1.29, 1.82) is 0 Å². The van der Waals surface area contributed by atoms with Gasteiger partial charge in [-0.25, -0.2) is 13.1 Å². The molecule has 2 aromatic heterocycles. The Bertz CT molecular complexity index is 1030. The maximum Gasteiger partial charge on any atom is 0.265 e. The third kappa shape index (κ3) is 3.63. The van der Waals surface area contributed by atoms with Crippen molar-refractivity contribution in [3.63, 3.8) is 0 Å². The minimum atomic E-state index is -3.89. The van der Waals surface area contributed by atoms with Crippen LogP contribution in [0, 0.1) is 6.92 Å². The first-order valence-corrected chi connectivity index (χ1v) is 10.6. The third-order valence-electron chi connectivity index (χ3n) is 3.70. The minimum Gasteiger partial charge on any atom is -0.497 e. The van der Waals surface area contributed by atoms with E-state index in [-0.39, 0.29) is 10.8 Å². The number of nitrogens with two attached hydrogens (primary N) is 1. The van der Waals surface area contributed by atoms with E-state index in [0.717, 1.165) is 5.56 Å². The fourth-order valence-electron chi connectivity index (χ4n) is 2.34. The van der Waals surface area contributed by atoms with E-state index in [4.69, 9.17) is 15.0 Å². The van der Waals surface area contributed by atoms with Crippen molar-refractivity contribution in [2.75, 3.05) is 11.8 Å². The molecule has 0 aliphatic rings. The van der Waals surface area contributed by atoms with Crippen molar-refractivity contribution in [2.45, 2.75) is 17.9 Å². The summed E-state index contributed by atoms with van der Waals surface area (Å²) in [6, 6.07) is 8.12. The van der Waals surface area contributed by atoms with Gasteiger partial charge in [0.05, 0.1) is 18.8 Å². The van der Waals surface area contributed by atoms with Crippen LogP contribution in [0.1, 0.15) is 22.2 Å². The summed E-state index contributed by atoms with van der Waals surface area (Å²) in [6.45, 7) is 1.69. The molecule has 0 radical (unpaired) electrons. The van der Waals surface area contributed by atoms with E-state index in [2.05, 4.69) is 25.8 Å². The number of benzene rings is 1. The number of nitrogens with zero attached hydrogens (tertiary/aromatic N) is 1. The number of halogens is 1. The Balaban J connectivity index is 1.95. The molecule has 0 aliphatic heterocycles. The van der Waals surface area contributed by atoms with Gasteiger partial charge in [0, 0.05) is 4.88 Å². The van der Waals surface area contributed by atoms with Gasteiger partial charge < -0.3 is 15.0 Å². The van der Waals surface area contributed by atoms with Crippen molar-refractivity contribution >= 4 is 43.2 Å². The topological polar surface area (TPSA) is 107 Å². The van der Waals surface area contributed by atoms with Crippen LogP contribution in [0.15, 0.2) is 49.6 Å². The van der Waals surface area contributed by atoms with E-state index in [1.807, 2.05) is 12.1 Å². The van der Waals surface area contributed by atoms with E-state index in [1.54, 1.807) is 31.5 Å². The van der Waals surface area contributed by atoms with E-state index in [9.17, 15) is 8.42 Å². The lowest BCUT2D eigenvalue weighted by Gasteiger charge is -2.14. The molecule has 2 heterocycles. The summed E-state index contributed by atoms with van der Waals surface area (Å²) in [5.74, 6) is 0.674. The number of sulfonamides is 1. The largest absolute Gasteiger partial charge is 0.497 e. The van der Waals surface area contributed by atoms with Gasteiger partial charge in [0.15, 0.2) is 0 Å². The molecule has 0 saturated heterocycles. The zero-order valence-corrected chi connectivity index (χ0v) is 17.1. The maximum atomic E-state index is 12.8. The molecule has 0 spiro atoms. The van der Waals surface area contributed by atoms with Crippen LogP contribution in [-0.2, 0) is 10.0 Å². The average Bonchev–Trinajstić information content (AvgIpc) is 3.24. The minimum absolute atomic E-state index is 0.0228. The molecule has 1 atom stereocenters. The number of hydrogen-bond acceptors (Lipinski definition) is 7. The Morgan fingerprint density at radius 3 is 2.81 bits per heavy atom. The van der Waals surface area contributed by atoms with E-state index in [1.165, 1.54) is 17.4 Å². The SMILES string of the molecule is COc1cccc(C(N)c2sccc2S(=O)(=O)Nc2onc(C)c2Br)c1. The van der Waals surface area contributed by atoms with Crippen LogP contribution in [0.4, 0.5) is 5.88 Å². The molecule has 3 aromatic rings. The second-order valence-electron chi connectivity index (χ2n) is 5.42. The van der Waals surface area contributed by atoms with Gasteiger partial charge in [0.2, 0.25) is 0 Å². The quantitative estimate of drug-likeness (QED) is 0.584. The molecule has 0 amide bonds. The summed E-state index contributed by atoms with van der Waals surface area (Å²) in [4.78, 5) is 0.608. The highest BCUT2D eigenvalue weighted by Gasteiger charge is 2.27. The fraction of sp³-hybridized carbons (Fsp3) is 0.188. The predicted octanol–water partition coefficient (Wildman–Crippen LogP) is 3.66. The molecule has 7 nitrogen and oxygen atoms in total. The van der Waals surface area contributed by atoms with Gasteiger partial charge in [0.25, 0.3) is 15.9 Å². The van der Waals surface area contributed by atoms with Crippen molar-refractivity contribution in [3.05, 3.63) is 56.3 Å². The second-order valence-corrected chi connectivity index (χ2v) is 8.81. The van der Waals surface area contributed by atoms with Crippen LogP contribution in [-0.4, -0.2) is 20.7 Å². The molecule has 10 heteroatoms. The first-order chi connectivity index (χ1) is 12.3. The Morgan fingerprint density at radius 2 is 2.15 bits per heavy atom. The molecule has 0 bridgehead atoms. The molecule has 0 saturated carbocycles. The highest BCUT2D eigenvalue weighted by Crippen LogP contribution is 2.34. The van der Waals surface area contributed by atoms with Gasteiger partial charge in [-0.15, -0.1) is 11.3 Å². The monoisotopic (exact) mass is 457 g/mol. The summed E-state index contributed by atoms with van der Waals surface area (Å²) < 4.78 is 38.7. The van der Waals surface area contributed by atoms with Crippen molar-refractivity contribution in [2.24, 2.45) is 5.73 Å². The number of rotatable bonds is 6. The lowest BCUT2D eigenvalue weighted by atomic mass is 10.1. The second kappa shape index (κ2) is 7.39. The van der Waals surface area contributed by atoms with Crippen molar-refractivity contribution in [1.82, 2.24) is 5.16 Å². The van der Waals surface area contributed by atoms with Crippen molar-refractivity contribution < 1.29 is 17.7 Å². The Labute approximate surface area is 163 Å². The summed E-state index contributed by atoms with van der Waals surface area (Å²) >= 11 is 4.52. The molecule has 0 fully saturated rings. The molecule has 26 heavy (non-hydrogen) atoms. The van der Waals surface area contributed by atoms with Gasteiger partial charge in [0.1, 0.15) is 15.1 Å². The fourth-order valence-corrected chi connectivity index (χ4v) is 5.23. The Kier molecular flexibility index (Phi) is 5.37. The number of aryl methyl sites for hydroxylation is 1. The third-order valence-corrected chi connectivity index (χ3v) is 7.15. The first-order valence-electron chi connectivity index (χ1n) is 7.45. The van der Waals surface area contributed by atoms with Gasteiger partial charge in [-0.2, -0.15) is 0 Å². The average molecular weight is 458 g/mol. The predicted molar refractivity (Wildman–Crippen MR) is 103 cm³/mol. The number of nitrogens with one attached hydrogen (secondary N) is 1. The van der Waals surface area contributed by atoms with Gasteiger partial charge in [-0.1, -0.05) is 17.3 Å². The van der Waals surface area contributed by atoms with E-state index >= 15 is 0 Å². The zero-order valence-electron chi connectivity index (χ0n) is 13.9. The van der Waals surface area contributed by atoms with Crippen LogP contribution in [0.2, 0.25) is 0 Å². The van der Waals surface area contributed by atoms with Crippen molar-refractivity contribution in [3.8, 4) is 5.75 Å². The smallest absolute Gasteiger partial charge is 0.265 e. The molecule has 0 aliphatic carbocycles. The molecule has 1 aromatic carbocycles. The number of thiophene rings is 1. The van der Waals surface area contributed by atoms with Crippen LogP contribution in [0.5, 0.6) is 5.75 Å². The highest BCUT2D eigenvalue weighted by molar-refractivity contribution is 9.10.